The molecule has 1 fully saturated rings. The highest BCUT2D eigenvalue weighted by Crippen LogP contribution is 2.28. The minimum atomic E-state index is -4.61. The maximum absolute atomic E-state index is 12.1. The molecule has 0 aliphatic heterocycles. The van der Waals surface area contributed by atoms with Crippen LogP contribution in [0.4, 0.5) is 16.2 Å². The van der Waals surface area contributed by atoms with Crippen molar-refractivity contribution < 1.29 is 27.8 Å². The first kappa shape index (κ1) is 17.6. The topological polar surface area (TPSA) is 159 Å². The van der Waals surface area contributed by atoms with E-state index in [1.165, 1.54) is 0 Å². The van der Waals surface area contributed by atoms with Crippen LogP contribution in [0.25, 0.3) is 0 Å². The van der Waals surface area contributed by atoms with Gasteiger partial charge < -0.3 is 4.74 Å². The SMILES string of the molecule is O=C(NS(=O)(=O)c1ccc([N+](=O)[O-])cc1[N+](=O)[O-])OC1CCCC1. The summed E-state index contributed by atoms with van der Waals surface area (Å²) in [5.74, 6) is 0. The van der Waals surface area contributed by atoms with Crippen LogP contribution < -0.4 is 4.72 Å². The maximum Gasteiger partial charge on any atom is 0.421 e. The van der Waals surface area contributed by atoms with Gasteiger partial charge in [-0.15, -0.1) is 0 Å². The summed E-state index contributed by atoms with van der Waals surface area (Å²) < 4.78 is 30.8. The largest absolute Gasteiger partial charge is 0.446 e. The summed E-state index contributed by atoms with van der Waals surface area (Å²) in [5, 5.41) is 21.6. The molecule has 12 heteroatoms. The van der Waals surface area contributed by atoms with Gasteiger partial charge in [0.25, 0.3) is 21.4 Å². The predicted octanol–water partition coefficient (Wildman–Crippen LogP) is 1.86. The smallest absolute Gasteiger partial charge is 0.421 e. The molecule has 1 aromatic rings. The summed E-state index contributed by atoms with van der Waals surface area (Å²) in [5.41, 5.74) is -1.65. The molecule has 0 heterocycles. The van der Waals surface area contributed by atoms with E-state index < -0.39 is 48.3 Å². The van der Waals surface area contributed by atoms with Gasteiger partial charge in [0.15, 0.2) is 4.90 Å². The number of sulfonamides is 1. The Hall–Kier alpha value is -2.76. The van der Waals surface area contributed by atoms with E-state index in [1.807, 2.05) is 0 Å². The van der Waals surface area contributed by atoms with Crippen molar-refractivity contribution in [2.75, 3.05) is 0 Å². The summed E-state index contributed by atoms with van der Waals surface area (Å²) in [6.07, 6.45) is 1.31. The normalized spacial score (nSPS) is 15.0. The van der Waals surface area contributed by atoms with Gasteiger partial charge in [-0.2, -0.15) is 0 Å². The summed E-state index contributed by atoms with van der Waals surface area (Å²) >= 11 is 0. The van der Waals surface area contributed by atoms with Crippen LogP contribution in [0.15, 0.2) is 23.1 Å². The first-order valence-electron chi connectivity index (χ1n) is 6.87. The average Bonchev–Trinajstić information content (AvgIpc) is 2.98. The van der Waals surface area contributed by atoms with Crippen LogP contribution in [-0.4, -0.2) is 30.5 Å². The van der Waals surface area contributed by atoms with Crippen molar-refractivity contribution in [2.45, 2.75) is 36.7 Å². The Labute approximate surface area is 136 Å². The lowest BCUT2D eigenvalue weighted by Gasteiger charge is -2.12. The van der Waals surface area contributed by atoms with Crippen LogP contribution in [0.3, 0.4) is 0 Å². The molecular formula is C12H13N3O8S. The van der Waals surface area contributed by atoms with Crippen molar-refractivity contribution in [2.24, 2.45) is 0 Å². The molecule has 0 radical (unpaired) electrons. The van der Waals surface area contributed by atoms with E-state index in [9.17, 15) is 33.4 Å². The summed E-state index contributed by atoms with van der Waals surface area (Å²) in [4.78, 5) is 30.5. The first-order chi connectivity index (χ1) is 11.2. The molecule has 0 atom stereocenters. The molecule has 0 saturated heterocycles. The molecule has 0 spiro atoms. The molecule has 0 aromatic heterocycles. The third kappa shape index (κ3) is 3.95. The van der Waals surface area contributed by atoms with Gasteiger partial charge >= 0.3 is 6.09 Å². The fourth-order valence-corrected chi connectivity index (χ4v) is 3.37. The van der Waals surface area contributed by atoms with Crippen molar-refractivity contribution in [3.63, 3.8) is 0 Å². The van der Waals surface area contributed by atoms with E-state index in [0.717, 1.165) is 18.9 Å². The lowest BCUT2D eigenvalue weighted by molar-refractivity contribution is -0.396. The molecule has 1 saturated carbocycles. The second kappa shape index (κ2) is 6.78. The Morgan fingerprint density at radius 2 is 1.79 bits per heavy atom. The van der Waals surface area contributed by atoms with E-state index in [1.54, 1.807) is 4.72 Å². The Morgan fingerprint density at radius 3 is 2.33 bits per heavy atom. The van der Waals surface area contributed by atoms with Gasteiger partial charge in [0.2, 0.25) is 0 Å². The molecular weight excluding hydrogens is 346 g/mol. The van der Waals surface area contributed by atoms with Gasteiger partial charge in [0.1, 0.15) is 6.10 Å². The maximum atomic E-state index is 12.1. The summed E-state index contributed by atoms with van der Waals surface area (Å²) in [7, 11) is -4.61. The fourth-order valence-electron chi connectivity index (χ4n) is 2.34. The number of rotatable bonds is 5. The highest BCUT2D eigenvalue weighted by molar-refractivity contribution is 7.90. The molecule has 24 heavy (non-hydrogen) atoms. The first-order valence-corrected chi connectivity index (χ1v) is 8.35. The number of nitrogens with zero attached hydrogens (tertiary/aromatic N) is 2. The number of benzene rings is 1. The Morgan fingerprint density at radius 1 is 1.17 bits per heavy atom. The zero-order chi connectivity index (χ0) is 17.9. The predicted molar refractivity (Wildman–Crippen MR) is 78.8 cm³/mol. The molecule has 1 aliphatic rings. The van der Waals surface area contributed by atoms with Crippen LogP contribution in [0.2, 0.25) is 0 Å². The molecule has 1 amide bonds. The van der Waals surface area contributed by atoms with Gasteiger partial charge in [-0.3, -0.25) is 20.2 Å². The van der Waals surface area contributed by atoms with E-state index >= 15 is 0 Å². The van der Waals surface area contributed by atoms with Gasteiger partial charge in [0.05, 0.1) is 15.9 Å². The second-order valence-electron chi connectivity index (χ2n) is 5.08. The standard InChI is InChI=1S/C12H13N3O8S/c16-12(23-9-3-1-2-4-9)13-24(21,22)11-6-5-8(14(17)18)7-10(11)15(19)20/h5-7,9H,1-4H2,(H,13,16). The molecule has 1 N–H and O–H groups in total. The molecule has 0 bridgehead atoms. The van der Waals surface area contributed by atoms with Crippen molar-refractivity contribution in [3.8, 4) is 0 Å². The van der Waals surface area contributed by atoms with Gasteiger partial charge in [-0.1, -0.05) is 0 Å². The molecule has 11 nitrogen and oxygen atoms in total. The van der Waals surface area contributed by atoms with E-state index in [2.05, 4.69) is 0 Å². The third-order valence-electron chi connectivity index (χ3n) is 3.43. The Balaban J connectivity index is 2.26. The fraction of sp³-hybridized carbons (Fsp3) is 0.417. The average molecular weight is 359 g/mol. The summed E-state index contributed by atoms with van der Waals surface area (Å²) in [6.45, 7) is 0. The number of carbonyl (C=O) groups excluding carboxylic acids is 1. The number of amides is 1. The van der Waals surface area contributed by atoms with Crippen molar-refractivity contribution in [1.82, 2.24) is 4.72 Å². The van der Waals surface area contributed by atoms with Crippen LogP contribution in [0, 0.1) is 20.2 Å². The van der Waals surface area contributed by atoms with E-state index in [4.69, 9.17) is 4.74 Å². The number of ether oxygens (including phenoxy) is 1. The second-order valence-corrected chi connectivity index (χ2v) is 6.73. The monoisotopic (exact) mass is 359 g/mol. The minimum Gasteiger partial charge on any atom is -0.446 e. The van der Waals surface area contributed by atoms with Crippen molar-refractivity contribution in [3.05, 3.63) is 38.4 Å². The van der Waals surface area contributed by atoms with Gasteiger partial charge in [-0.05, 0) is 31.7 Å². The molecule has 1 aromatic carbocycles. The Kier molecular flexibility index (Phi) is 4.97. The summed E-state index contributed by atoms with van der Waals surface area (Å²) in [6, 6.07) is 2.00. The lowest BCUT2D eigenvalue weighted by atomic mass is 10.3. The van der Waals surface area contributed by atoms with Crippen LogP contribution in [0.1, 0.15) is 25.7 Å². The number of hydrogen-bond acceptors (Lipinski definition) is 8. The third-order valence-corrected chi connectivity index (χ3v) is 4.79. The van der Waals surface area contributed by atoms with Gasteiger partial charge in [-0.25, -0.2) is 17.9 Å². The highest BCUT2D eigenvalue weighted by atomic mass is 32.2. The zero-order valence-corrected chi connectivity index (χ0v) is 13.0. The van der Waals surface area contributed by atoms with Crippen molar-refractivity contribution >= 4 is 27.5 Å². The Bertz CT molecular complexity index is 785. The number of nitro benzene ring substituents is 2. The molecule has 1 aliphatic carbocycles. The number of nitrogens with one attached hydrogen (secondary N) is 1. The molecule has 130 valence electrons. The van der Waals surface area contributed by atoms with Crippen LogP contribution in [0.5, 0.6) is 0 Å². The van der Waals surface area contributed by atoms with E-state index in [-0.39, 0.29) is 0 Å². The number of hydrogen-bond donors (Lipinski definition) is 1. The number of non-ortho nitro benzene ring substituents is 1. The van der Waals surface area contributed by atoms with E-state index in [0.29, 0.717) is 25.0 Å². The van der Waals surface area contributed by atoms with Crippen LogP contribution in [-0.2, 0) is 14.8 Å². The zero-order valence-electron chi connectivity index (χ0n) is 12.2. The minimum absolute atomic E-state index is 0.396. The number of nitro groups is 2. The van der Waals surface area contributed by atoms with Crippen molar-refractivity contribution in [1.29, 1.82) is 0 Å². The quantitative estimate of drug-likeness (QED) is 0.616. The highest BCUT2D eigenvalue weighted by Gasteiger charge is 2.31. The lowest BCUT2D eigenvalue weighted by Crippen LogP contribution is -2.33. The number of carbonyl (C=O) groups is 1. The van der Waals surface area contributed by atoms with Gasteiger partial charge in [0, 0.05) is 6.07 Å². The molecule has 2 rings (SSSR count). The molecule has 0 unspecified atom stereocenters. The van der Waals surface area contributed by atoms with Crippen LogP contribution >= 0.6 is 0 Å².